The molecule has 152 valence electrons. The van der Waals surface area contributed by atoms with Crippen LogP contribution in [0.4, 0.5) is 0 Å². The number of hydrogen-bond acceptors (Lipinski definition) is 4. The molecule has 0 aliphatic heterocycles. The van der Waals surface area contributed by atoms with Crippen LogP contribution in [0, 0.1) is 6.92 Å². The fourth-order valence-corrected chi connectivity index (χ4v) is 2.98. The van der Waals surface area contributed by atoms with Gasteiger partial charge in [-0.2, -0.15) is 0 Å². The number of nitrogens with zero attached hydrogens (tertiary/aromatic N) is 2. The van der Waals surface area contributed by atoms with E-state index in [0.717, 1.165) is 41.0 Å². The average molecular weight is 393 g/mol. The number of benzene rings is 1. The van der Waals surface area contributed by atoms with Crippen LogP contribution in [0.25, 0.3) is 10.9 Å². The third-order valence-electron chi connectivity index (χ3n) is 4.49. The van der Waals surface area contributed by atoms with Crippen molar-refractivity contribution < 1.29 is 9.21 Å². The summed E-state index contributed by atoms with van der Waals surface area (Å²) in [6, 6.07) is 11.9. The number of carbonyl (C=O) groups excluding carboxylic acids is 1. The van der Waals surface area contributed by atoms with Crippen LogP contribution in [0.2, 0.25) is 0 Å². The number of furan rings is 1. The second-order valence-electron chi connectivity index (χ2n) is 6.65. The Bertz CT molecular complexity index is 975. The lowest BCUT2D eigenvalue weighted by Crippen LogP contribution is -2.38. The number of aliphatic imine (C=N–C) groups is 1. The highest BCUT2D eigenvalue weighted by atomic mass is 16.3. The van der Waals surface area contributed by atoms with Gasteiger partial charge in [0, 0.05) is 36.8 Å². The number of rotatable bonds is 8. The van der Waals surface area contributed by atoms with Gasteiger partial charge in [0.25, 0.3) is 5.91 Å². The summed E-state index contributed by atoms with van der Waals surface area (Å²) < 4.78 is 5.20. The standard InChI is InChI=1S/C22H27N5O2/c1-3-23-22(26-12-6-11-25-21(28)20-16(2)10-14-29-20)27-15-17-9-13-24-19-8-5-4-7-18(17)19/h4-5,7-10,13-14H,3,6,11-12,15H2,1-2H3,(H,25,28)(H2,23,26,27). The molecule has 2 heterocycles. The molecule has 3 aromatic rings. The lowest BCUT2D eigenvalue weighted by Gasteiger charge is -2.12. The summed E-state index contributed by atoms with van der Waals surface area (Å²) in [5, 5.41) is 10.5. The minimum Gasteiger partial charge on any atom is -0.459 e. The molecule has 7 nitrogen and oxygen atoms in total. The van der Waals surface area contributed by atoms with Gasteiger partial charge in [0.05, 0.1) is 18.3 Å². The van der Waals surface area contributed by atoms with Crippen molar-refractivity contribution in [2.75, 3.05) is 19.6 Å². The number of aromatic nitrogens is 1. The van der Waals surface area contributed by atoms with Crippen molar-refractivity contribution >= 4 is 22.8 Å². The molecule has 2 aromatic heterocycles. The van der Waals surface area contributed by atoms with Gasteiger partial charge in [-0.05, 0) is 44.0 Å². The van der Waals surface area contributed by atoms with Crippen LogP contribution < -0.4 is 16.0 Å². The van der Waals surface area contributed by atoms with E-state index in [1.54, 1.807) is 6.07 Å². The number of guanidine groups is 1. The molecule has 0 saturated carbocycles. The van der Waals surface area contributed by atoms with Gasteiger partial charge in [-0.1, -0.05) is 18.2 Å². The molecule has 3 N–H and O–H groups in total. The maximum atomic E-state index is 12.0. The van der Waals surface area contributed by atoms with Crippen LogP contribution in [0.3, 0.4) is 0 Å². The Balaban J connectivity index is 1.49. The molecule has 0 saturated heterocycles. The van der Waals surface area contributed by atoms with Gasteiger partial charge in [0.1, 0.15) is 0 Å². The summed E-state index contributed by atoms with van der Waals surface area (Å²) >= 11 is 0. The molecular formula is C22H27N5O2. The van der Waals surface area contributed by atoms with E-state index < -0.39 is 0 Å². The predicted octanol–water partition coefficient (Wildman–Crippen LogP) is 3.01. The number of nitrogens with one attached hydrogen (secondary N) is 3. The molecule has 0 atom stereocenters. The molecule has 0 radical (unpaired) electrons. The average Bonchev–Trinajstić information content (AvgIpc) is 3.17. The monoisotopic (exact) mass is 393 g/mol. The van der Waals surface area contributed by atoms with Crippen LogP contribution >= 0.6 is 0 Å². The number of hydrogen-bond donors (Lipinski definition) is 3. The summed E-state index contributed by atoms with van der Waals surface area (Å²) in [5.74, 6) is 0.941. The van der Waals surface area contributed by atoms with Crippen LogP contribution in [0.1, 0.15) is 35.0 Å². The Morgan fingerprint density at radius 1 is 1.10 bits per heavy atom. The first-order valence-electron chi connectivity index (χ1n) is 9.86. The Labute approximate surface area is 170 Å². The van der Waals surface area contributed by atoms with Crippen LogP contribution in [-0.4, -0.2) is 36.5 Å². The summed E-state index contributed by atoms with van der Waals surface area (Å²) in [7, 11) is 0. The first-order valence-corrected chi connectivity index (χ1v) is 9.86. The fourth-order valence-electron chi connectivity index (χ4n) is 2.98. The number of amides is 1. The van der Waals surface area contributed by atoms with Gasteiger partial charge < -0.3 is 20.4 Å². The van der Waals surface area contributed by atoms with Gasteiger partial charge >= 0.3 is 0 Å². The molecule has 29 heavy (non-hydrogen) atoms. The third kappa shape index (κ3) is 5.57. The Kier molecular flexibility index (Phi) is 7.22. The zero-order chi connectivity index (χ0) is 20.5. The van der Waals surface area contributed by atoms with E-state index in [1.807, 2.05) is 44.3 Å². The lowest BCUT2D eigenvalue weighted by molar-refractivity contribution is 0.0925. The Morgan fingerprint density at radius 2 is 1.93 bits per heavy atom. The first-order chi connectivity index (χ1) is 14.2. The SMILES string of the molecule is CCNC(=NCc1ccnc2ccccc12)NCCCNC(=O)c1occc1C. The molecule has 0 spiro atoms. The Morgan fingerprint density at radius 3 is 2.72 bits per heavy atom. The van der Waals surface area contributed by atoms with Crippen molar-refractivity contribution in [1.82, 2.24) is 20.9 Å². The van der Waals surface area contributed by atoms with Gasteiger partial charge in [-0.25, -0.2) is 4.99 Å². The molecular weight excluding hydrogens is 366 g/mol. The first kappa shape index (κ1) is 20.4. The third-order valence-corrected chi connectivity index (χ3v) is 4.49. The predicted molar refractivity (Wildman–Crippen MR) is 115 cm³/mol. The highest BCUT2D eigenvalue weighted by molar-refractivity contribution is 5.92. The van der Waals surface area contributed by atoms with E-state index in [4.69, 9.17) is 4.42 Å². The van der Waals surface area contributed by atoms with Crippen molar-refractivity contribution in [3.05, 3.63) is 65.7 Å². The van der Waals surface area contributed by atoms with E-state index >= 15 is 0 Å². The quantitative estimate of drug-likeness (QED) is 0.311. The van der Waals surface area contributed by atoms with E-state index in [0.29, 0.717) is 25.4 Å². The van der Waals surface area contributed by atoms with E-state index in [9.17, 15) is 4.79 Å². The van der Waals surface area contributed by atoms with Crippen molar-refractivity contribution in [3.63, 3.8) is 0 Å². The lowest BCUT2D eigenvalue weighted by atomic mass is 10.1. The van der Waals surface area contributed by atoms with Crippen molar-refractivity contribution in [2.24, 2.45) is 4.99 Å². The molecule has 0 unspecified atom stereocenters. The van der Waals surface area contributed by atoms with Gasteiger partial charge in [0.15, 0.2) is 11.7 Å². The van der Waals surface area contributed by atoms with E-state index in [2.05, 4.69) is 32.0 Å². The summed E-state index contributed by atoms with van der Waals surface area (Å²) in [6.45, 7) is 6.47. The van der Waals surface area contributed by atoms with Crippen LogP contribution in [0.5, 0.6) is 0 Å². The number of carbonyl (C=O) groups is 1. The van der Waals surface area contributed by atoms with Crippen LogP contribution in [0.15, 0.2) is 58.3 Å². The highest BCUT2D eigenvalue weighted by Gasteiger charge is 2.11. The molecule has 0 fully saturated rings. The smallest absolute Gasteiger partial charge is 0.287 e. The molecule has 0 aliphatic rings. The Hall–Kier alpha value is -3.35. The number of para-hydroxylation sites is 1. The van der Waals surface area contributed by atoms with Gasteiger partial charge in [0.2, 0.25) is 0 Å². The van der Waals surface area contributed by atoms with Crippen LogP contribution in [-0.2, 0) is 6.54 Å². The maximum absolute atomic E-state index is 12.0. The number of fused-ring (bicyclic) bond motifs is 1. The zero-order valence-corrected chi connectivity index (χ0v) is 16.9. The summed E-state index contributed by atoms with van der Waals surface area (Å²) in [5.41, 5.74) is 2.94. The molecule has 7 heteroatoms. The topological polar surface area (TPSA) is 91.5 Å². The van der Waals surface area contributed by atoms with E-state index in [-0.39, 0.29) is 5.91 Å². The van der Waals surface area contributed by atoms with Gasteiger partial charge in [-0.15, -0.1) is 0 Å². The number of pyridine rings is 1. The van der Waals surface area contributed by atoms with Crippen molar-refractivity contribution in [2.45, 2.75) is 26.8 Å². The van der Waals surface area contributed by atoms with E-state index in [1.165, 1.54) is 6.26 Å². The number of aryl methyl sites for hydroxylation is 1. The molecule has 1 amide bonds. The van der Waals surface area contributed by atoms with Crippen molar-refractivity contribution in [1.29, 1.82) is 0 Å². The van der Waals surface area contributed by atoms with Crippen molar-refractivity contribution in [3.8, 4) is 0 Å². The molecule has 0 bridgehead atoms. The summed E-state index contributed by atoms with van der Waals surface area (Å²) in [6.07, 6.45) is 4.11. The zero-order valence-electron chi connectivity index (χ0n) is 16.9. The fraction of sp³-hybridized carbons (Fsp3) is 0.318. The molecule has 0 aliphatic carbocycles. The highest BCUT2D eigenvalue weighted by Crippen LogP contribution is 2.16. The molecule has 3 rings (SSSR count). The maximum Gasteiger partial charge on any atom is 0.287 e. The minimum absolute atomic E-state index is 0.183. The summed E-state index contributed by atoms with van der Waals surface area (Å²) in [4.78, 5) is 21.1. The second-order valence-corrected chi connectivity index (χ2v) is 6.65. The largest absolute Gasteiger partial charge is 0.459 e. The normalized spacial score (nSPS) is 11.4. The van der Waals surface area contributed by atoms with Gasteiger partial charge in [-0.3, -0.25) is 9.78 Å². The molecule has 1 aromatic carbocycles. The second kappa shape index (κ2) is 10.3. The minimum atomic E-state index is -0.183.